The first kappa shape index (κ1) is 11.4. The topological polar surface area (TPSA) is 50.1 Å². The zero-order valence-electron chi connectivity index (χ0n) is 9.67. The maximum Gasteiger partial charge on any atom is 0.0111 e. The van der Waals surface area contributed by atoms with Crippen molar-refractivity contribution in [1.29, 1.82) is 0 Å². The molecule has 0 radical (unpaired) electrons. The van der Waals surface area contributed by atoms with Crippen LogP contribution in [-0.4, -0.2) is 31.7 Å². The van der Waals surface area contributed by atoms with E-state index in [4.69, 9.17) is 5.73 Å². The Hall–Kier alpha value is -0.120. The molecule has 88 valence electrons. The van der Waals surface area contributed by atoms with E-state index < -0.39 is 0 Å². The summed E-state index contributed by atoms with van der Waals surface area (Å²) < 4.78 is 0. The molecular weight excluding hydrogens is 186 g/mol. The van der Waals surface area contributed by atoms with Gasteiger partial charge in [0, 0.05) is 25.2 Å². The second-order valence-electron chi connectivity index (χ2n) is 5.00. The van der Waals surface area contributed by atoms with Gasteiger partial charge in [-0.1, -0.05) is 12.8 Å². The van der Waals surface area contributed by atoms with Gasteiger partial charge in [0.15, 0.2) is 0 Å². The van der Waals surface area contributed by atoms with Crippen LogP contribution in [0.5, 0.6) is 0 Å². The minimum atomic E-state index is 0.726. The van der Waals surface area contributed by atoms with Crippen molar-refractivity contribution in [1.82, 2.24) is 10.6 Å². The third-order valence-corrected chi connectivity index (χ3v) is 3.99. The van der Waals surface area contributed by atoms with Gasteiger partial charge >= 0.3 is 0 Å². The Morgan fingerprint density at radius 3 is 2.80 bits per heavy atom. The first-order valence-corrected chi connectivity index (χ1v) is 6.58. The van der Waals surface area contributed by atoms with Crippen LogP contribution >= 0.6 is 0 Å². The molecule has 0 bridgehead atoms. The van der Waals surface area contributed by atoms with Crippen LogP contribution in [-0.2, 0) is 0 Å². The largest absolute Gasteiger partial charge is 0.329 e. The maximum absolute atomic E-state index is 5.55. The van der Waals surface area contributed by atoms with Crippen LogP contribution < -0.4 is 16.4 Å². The van der Waals surface area contributed by atoms with Gasteiger partial charge in [0.25, 0.3) is 0 Å². The molecule has 3 nitrogen and oxygen atoms in total. The number of rotatable bonds is 4. The molecule has 1 aliphatic carbocycles. The molecular formula is C12H25N3. The lowest BCUT2D eigenvalue weighted by Gasteiger charge is -2.33. The molecule has 1 aliphatic heterocycles. The van der Waals surface area contributed by atoms with E-state index in [0.29, 0.717) is 0 Å². The van der Waals surface area contributed by atoms with Crippen molar-refractivity contribution in [3.63, 3.8) is 0 Å². The van der Waals surface area contributed by atoms with Crippen molar-refractivity contribution < 1.29 is 0 Å². The zero-order chi connectivity index (χ0) is 10.5. The summed E-state index contributed by atoms with van der Waals surface area (Å²) in [6.45, 7) is 2.97. The average Bonchev–Trinajstić information content (AvgIpc) is 2.75. The van der Waals surface area contributed by atoms with E-state index >= 15 is 0 Å². The lowest BCUT2D eigenvalue weighted by Crippen LogP contribution is -2.47. The lowest BCUT2D eigenvalue weighted by molar-refractivity contribution is 0.258. The van der Waals surface area contributed by atoms with Crippen LogP contribution in [0.25, 0.3) is 0 Å². The zero-order valence-corrected chi connectivity index (χ0v) is 9.67. The quantitative estimate of drug-likeness (QED) is 0.646. The number of hydrogen-bond donors (Lipinski definition) is 3. The summed E-state index contributed by atoms with van der Waals surface area (Å²) in [7, 11) is 0. The summed E-state index contributed by atoms with van der Waals surface area (Å²) in [5, 5.41) is 7.31. The van der Waals surface area contributed by atoms with E-state index in [0.717, 1.165) is 31.1 Å². The SMILES string of the molecule is NCCNC1CCCC1C1CCCCN1. The van der Waals surface area contributed by atoms with Crippen molar-refractivity contribution in [2.45, 2.75) is 50.6 Å². The predicted molar refractivity (Wildman–Crippen MR) is 63.8 cm³/mol. The maximum atomic E-state index is 5.55. The van der Waals surface area contributed by atoms with Crippen molar-refractivity contribution in [2.24, 2.45) is 11.7 Å². The van der Waals surface area contributed by atoms with Crippen molar-refractivity contribution in [3.8, 4) is 0 Å². The number of nitrogens with one attached hydrogen (secondary N) is 2. The Morgan fingerprint density at radius 2 is 2.07 bits per heavy atom. The third kappa shape index (κ3) is 2.92. The van der Waals surface area contributed by atoms with Gasteiger partial charge in [-0.15, -0.1) is 0 Å². The Labute approximate surface area is 93.2 Å². The Kier molecular flexibility index (Phi) is 4.42. The van der Waals surface area contributed by atoms with Crippen molar-refractivity contribution in [3.05, 3.63) is 0 Å². The van der Waals surface area contributed by atoms with Gasteiger partial charge in [-0.25, -0.2) is 0 Å². The van der Waals surface area contributed by atoms with Gasteiger partial charge in [-0.05, 0) is 38.1 Å². The summed E-state index contributed by atoms with van der Waals surface area (Å²) in [6, 6.07) is 1.50. The van der Waals surface area contributed by atoms with Gasteiger partial charge in [0.1, 0.15) is 0 Å². The molecule has 0 spiro atoms. The van der Waals surface area contributed by atoms with Crippen LogP contribution in [0.3, 0.4) is 0 Å². The van der Waals surface area contributed by atoms with E-state index in [1.165, 1.54) is 45.1 Å². The fourth-order valence-corrected chi connectivity index (χ4v) is 3.24. The molecule has 3 atom stereocenters. The highest BCUT2D eigenvalue weighted by atomic mass is 15.0. The molecule has 1 saturated carbocycles. The first-order valence-electron chi connectivity index (χ1n) is 6.58. The Bertz CT molecular complexity index is 178. The highest BCUT2D eigenvalue weighted by molar-refractivity contribution is 4.92. The molecule has 2 aliphatic rings. The summed E-state index contributed by atoms with van der Waals surface area (Å²) >= 11 is 0. The van der Waals surface area contributed by atoms with Crippen LogP contribution in [0, 0.1) is 5.92 Å². The highest BCUT2D eigenvalue weighted by Crippen LogP contribution is 2.31. The molecule has 3 heteroatoms. The van der Waals surface area contributed by atoms with Crippen LogP contribution in [0.15, 0.2) is 0 Å². The summed E-state index contributed by atoms with van der Waals surface area (Å²) in [5.41, 5.74) is 5.55. The summed E-state index contributed by atoms with van der Waals surface area (Å²) in [5.74, 6) is 0.858. The van der Waals surface area contributed by atoms with Crippen LogP contribution in [0.2, 0.25) is 0 Å². The minimum absolute atomic E-state index is 0.726. The summed E-state index contributed by atoms with van der Waals surface area (Å²) in [4.78, 5) is 0. The Balaban J connectivity index is 1.82. The second kappa shape index (κ2) is 5.83. The average molecular weight is 211 g/mol. The van der Waals surface area contributed by atoms with E-state index in [1.54, 1.807) is 0 Å². The number of hydrogen-bond acceptors (Lipinski definition) is 3. The fraction of sp³-hybridized carbons (Fsp3) is 1.00. The van der Waals surface area contributed by atoms with Crippen molar-refractivity contribution >= 4 is 0 Å². The molecule has 4 N–H and O–H groups in total. The molecule has 1 heterocycles. The fourth-order valence-electron chi connectivity index (χ4n) is 3.24. The molecule has 0 amide bonds. The second-order valence-corrected chi connectivity index (χ2v) is 5.00. The number of piperidine rings is 1. The lowest BCUT2D eigenvalue weighted by atomic mass is 9.88. The first-order chi connectivity index (χ1) is 7.42. The van der Waals surface area contributed by atoms with E-state index in [9.17, 15) is 0 Å². The normalized spacial score (nSPS) is 37.0. The molecule has 2 rings (SSSR count). The monoisotopic (exact) mass is 211 g/mol. The molecule has 3 unspecified atom stereocenters. The molecule has 15 heavy (non-hydrogen) atoms. The van der Waals surface area contributed by atoms with Gasteiger partial charge in [0.2, 0.25) is 0 Å². The minimum Gasteiger partial charge on any atom is -0.329 e. The molecule has 0 aromatic carbocycles. The van der Waals surface area contributed by atoms with Crippen LogP contribution in [0.4, 0.5) is 0 Å². The standard InChI is InChI=1S/C12H25N3/c13-7-9-15-12-6-3-4-10(12)11-5-1-2-8-14-11/h10-12,14-15H,1-9,13H2. The van der Waals surface area contributed by atoms with Crippen molar-refractivity contribution in [2.75, 3.05) is 19.6 Å². The van der Waals surface area contributed by atoms with E-state index in [-0.39, 0.29) is 0 Å². The highest BCUT2D eigenvalue weighted by Gasteiger charge is 2.33. The molecule has 1 saturated heterocycles. The van der Waals surface area contributed by atoms with E-state index in [1.807, 2.05) is 0 Å². The Morgan fingerprint density at radius 1 is 1.13 bits per heavy atom. The van der Waals surface area contributed by atoms with Gasteiger partial charge in [0.05, 0.1) is 0 Å². The predicted octanol–water partition coefficient (Wildman–Crippen LogP) is 0.845. The van der Waals surface area contributed by atoms with Gasteiger partial charge in [-0.2, -0.15) is 0 Å². The van der Waals surface area contributed by atoms with Gasteiger partial charge < -0.3 is 16.4 Å². The third-order valence-electron chi connectivity index (χ3n) is 3.99. The number of nitrogens with two attached hydrogens (primary N) is 1. The smallest absolute Gasteiger partial charge is 0.0111 e. The van der Waals surface area contributed by atoms with Gasteiger partial charge in [-0.3, -0.25) is 0 Å². The van der Waals surface area contributed by atoms with E-state index in [2.05, 4.69) is 10.6 Å². The summed E-state index contributed by atoms with van der Waals surface area (Å²) in [6.07, 6.45) is 8.31. The molecule has 2 fully saturated rings. The molecule has 0 aromatic heterocycles. The van der Waals surface area contributed by atoms with Crippen LogP contribution in [0.1, 0.15) is 38.5 Å². The molecule has 0 aromatic rings.